The maximum absolute atomic E-state index is 12.2. The van der Waals surface area contributed by atoms with Gasteiger partial charge in [0.25, 0.3) is 0 Å². The molecule has 0 unspecified atom stereocenters. The smallest absolute Gasteiger partial charge is 0.422 e. The van der Waals surface area contributed by atoms with Gasteiger partial charge in [0, 0.05) is 5.56 Å². The number of alkyl halides is 3. The Morgan fingerprint density at radius 3 is 2.38 bits per heavy atom. The molecule has 0 amide bonds. The summed E-state index contributed by atoms with van der Waals surface area (Å²) in [5, 5.41) is 3.98. The van der Waals surface area contributed by atoms with Gasteiger partial charge in [-0.2, -0.15) is 18.3 Å². The third kappa shape index (κ3) is 5.18. The fraction of sp³-hybridized carbons (Fsp3) is 0.133. The molecule has 2 aromatic carbocycles. The number of benzene rings is 2. The maximum Gasteiger partial charge on any atom is 0.422 e. The number of halogens is 3. The van der Waals surface area contributed by atoms with Gasteiger partial charge in [0.2, 0.25) is 0 Å². The van der Waals surface area contributed by atoms with Crippen LogP contribution in [0.2, 0.25) is 0 Å². The van der Waals surface area contributed by atoms with E-state index in [1.807, 2.05) is 30.3 Å². The molecule has 0 radical (unpaired) electrons. The van der Waals surface area contributed by atoms with Crippen LogP contribution >= 0.6 is 0 Å². The summed E-state index contributed by atoms with van der Waals surface area (Å²) in [6.45, 7) is -1.33. The van der Waals surface area contributed by atoms with Crippen LogP contribution in [-0.4, -0.2) is 19.0 Å². The monoisotopic (exact) mass is 294 g/mol. The number of para-hydroxylation sites is 2. The summed E-state index contributed by atoms with van der Waals surface area (Å²) < 4.78 is 41.3. The van der Waals surface area contributed by atoms with Gasteiger partial charge in [-0.25, -0.2) is 0 Å². The van der Waals surface area contributed by atoms with Gasteiger partial charge in [0.15, 0.2) is 6.61 Å². The van der Waals surface area contributed by atoms with E-state index in [1.165, 1.54) is 12.3 Å². The lowest BCUT2D eigenvalue weighted by Gasteiger charge is -2.10. The molecular weight excluding hydrogens is 281 g/mol. The quantitative estimate of drug-likeness (QED) is 0.666. The molecular formula is C15H13F3N2O. The topological polar surface area (TPSA) is 33.6 Å². The van der Waals surface area contributed by atoms with E-state index < -0.39 is 12.8 Å². The zero-order valence-electron chi connectivity index (χ0n) is 11.0. The molecule has 0 aliphatic carbocycles. The number of nitrogens with one attached hydrogen (secondary N) is 1. The highest BCUT2D eigenvalue weighted by Crippen LogP contribution is 2.21. The molecule has 2 aromatic rings. The Balaban J connectivity index is 2.02. The first-order valence-electron chi connectivity index (χ1n) is 6.17. The number of nitrogens with zero attached hydrogens (tertiary/aromatic N) is 1. The van der Waals surface area contributed by atoms with Gasteiger partial charge >= 0.3 is 6.18 Å². The van der Waals surface area contributed by atoms with Crippen LogP contribution in [0.5, 0.6) is 5.75 Å². The van der Waals surface area contributed by atoms with Crippen molar-refractivity contribution in [2.45, 2.75) is 6.18 Å². The van der Waals surface area contributed by atoms with Crippen LogP contribution in [0.15, 0.2) is 59.7 Å². The molecule has 6 heteroatoms. The third-order valence-electron chi connectivity index (χ3n) is 2.48. The van der Waals surface area contributed by atoms with Crippen molar-refractivity contribution >= 4 is 11.9 Å². The maximum atomic E-state index is 12.2. The second-order valence-electron chi connectivity index (χ2n) is 4.18. The van der Waals surface area contributed by atoms with Crippen LogP contribution in [0, 0.1) is 0 Å². The molecule has 110 valence electrons. The lowest BCUT2D eigenvalue weighted by atomic mass is 10.2. The largest absolute Gasteiger partial charge is 0.483 e. The molecule has 0 aromatic heterocycles. The summed E-state index contributed by atoms with van der Waals surface area (Å²) in [5.74, 6) is 0.133. The van der Waals surface area contributed by atoms with Crippen LogP contribution in [0.1, 0.15) is 5.56 Å². The predicted molar refractivity (Wildman–Crippen MR) is 75.7 cm³/mol. The van der Waals surface area contributed by atoms with Crippen molar-refractivity contribution in [3.8, 4) is 5.75 Å². The standard InChI is InChI=1S/C15H13F3N2O/c16-15(17,18)11-21-14-9-5-4-6-12(14)10-19-20-13-7-2-1-3-8-13/h1-10,20H,11H2. The van der Waals surface area contributed by atoms with Crippen LogP contribution in [-0.2, 0) is 0 Å². The van der Waals surface area contributed by atoms with Crippen LogP contribution in [0.3, 0.4) is 0 Å². The van der Waals surface area contributed by atoms with Crippen molar-refractivity contribution in [3.05, 3.63) is 60.2 Å². The highest BCUT2D eigenvalue weighted by molar-refractivity contribution is 5.83. The Kier molecular flexibility index (Phi) is 4.81. The first-order valence-corrected chi connectivity index (χ1v) is 6.17. The van der Waals surface area contributed by atoms with E-state index in [-0.39, 0.29) is 5.75 Å². The zero-order valence-corrected chi connectivity index (χ0v) is 11.0. The molecule has 21 heavy (non-hydrogen) atoms. The van der Waals surface area contributed by atoms with Crippen LogP contribution < -0.4 is 10.2 Å². The van der Waals surface area contributed by atoms with Crippen molar-refractivity contribution < 1.29 is 17.9 Å². The summed E-state index contributed by atoms with van der Waals surface area (Å²) in [5.41, 5.74) is 4.03. The van der Waals surface area contributed by atoms with E-state index in [9.17, 15) is 13.2 Å². The van der Waals surface area contributed by atoms with E-state index in [1.54, 1.807) is 18.2 Å². The second kappa shape index (κ2) is 6.78. The number of hydrogen-bond donors (Lipinski definition) is 1. The summed E-state index contributed by atoms with van der Waals surface area (Å²) in [7, 11) is 0. The molecule has 0 heterocycles. The minimum Gasteiger partial charge on any atom is -0.483 e. The van der Waals surface area contributed by atoms with Crippen LogP contribution in [0.25, 0.3) is 0 Å². The predicted octanol–water partition coefficient (Wildman–Crippen LogP) is 4.07. The molecule has 0 aliphatic heterocycles. The van der Waals surface area contributed by atoms with E-state index in [2.05, 4.69) is 10.5 Å². The zero-order chi connectivity index (χ0) is 15.1. The van der Waals surface area contributed by atoms with Gasteiger partial charge in [0.05, 0.1) is 11.9 Å². The molecule has 0 atom stereocenters. The summed E-state index contributed by atoms with van der Waals surface area (Å²) >= 11 is 0. The van der Waals surface area contributed by atoms with Gasteiger partial charge < -0.3 is 4.74 Å². The average Bonchev–Trinajstić information content (AvgIpc) is 2.46. The number of hydrogen-bond acceptors (Lipinski definition) is 3. The Hall–Kier alpha value is -2.50. The normalized spacial score (nSPS) is 11.6. The first-order chi connectivity index (χ1) is 10.0. The molecule has 2 rings (SSSR count). The number of hydrazone groups is 1. The van der Waals surface area contributed by atoms with Crippen molar-refractivity contribution in [2.75, 3.05) is 12.0 Å². The van der Waals surface area contributed by atoms with Gasteiger partial charge in [-0.15, -0.1) is 0 Å². The third-order valence-corrected chi connectivity index (χ3v) is 2.48. The SMILES string of the molecule is FC(F)(F)COc1ccccc1C=NNc1ccccc1. The Morgan fingerprint density at radius 2 is 1.67 bits per heavy atom. The lowest BCUT2D eigenvalue weighted by Crippen LogP contribution is -2.19. The van der Waals surface area contributed by atoms with E-state index in [0.29, 0.717) is 5.56 Å². The molecule has 0 aliphatic rings. The molecule has 3 nitrogen and oxygen atoms in total. The Morgan fingerprint density at radius 1 is 1.00 bits per heavy atom. The Labute approximate surface area is 120 Å². The minimum atomic E-state index is -4.37. The number of ether oxygens (including phenoxy) is 1. The number of rotatable bonds is 5. The molecule has 0 spiro atoms. The fourth-order valence-corrected chi connectivity index (χ4v) is 1.57. The van der Waals surface area contributed by atoms with Crippen molar-refractivity contribution in [1.29, 1.82) is 0 Å². The van der Waals surface area contributed by atoms with Gasteiger partial charge in [-0.05, 0) is 24.3 Å². The lowest BCUT2D eigenvalue weighted by molar-refractivity contribution is -0.153. The average molecular weight is 294 g/mol. The minimum absolute atomic E-state index is 0.133. The molecule has 0 saturated carbocycles. The Bertz CT molecular complexity index is 597. The summed E-state index contributed by atoms with van der Waals surface area (Å²) in [6, 6.07) is 15.6. The first kappa shape index (κ1) is 14.9. The molecule has 0 saturated heterocycles. The van der Waals surface area contributed by atoms with E-state index in [0.717, 1.165) is 5.69 Å². The fourth-order valence-electron chi connectivity index (χ4n) is 1.57. The highest BCUT2D eigenvalue weighted by Gasteiger charge is 2.28. The van der Waals surface area contributed by atoms with Gasteiger partial charge in [-0.3, -0.25) is 5.43 Å². The van der Waals surface area contributed by atoms with Crippen molar-refractivity contribution in [2.24, 2.45) is 5.10 Å². The molecule has 0 fully saturated rings. The summed E-state index contributed by atoms with van der Waals surface area (Å²) in [4.78, 5) is 0. The van der Waals surface area contributed by atoms with Crippen molar-refractivity contribution in [3.63, 3.8) is 0 Å². The summed E-state index contributed by atoms with van der Waals surface area (Å²) in [6.07, 6.45) is -2.95. The van der Waals surface area contributed by atoms with Crippen LogP contribution in [0.4, 0.5) is 18.9 Å². The van der Waals surface area contributed by atoms with Crippen molar-refractivity contribution in [1.82, 2.24) is 0 Å². The van der Waals surface area contributed by atoms with Gasteiger partial charge in [-0.1, -0.05) is 30.3 Å². The van der Waals surface area contributed by atoms with E-state index >= 15 is 0 Å². The molecule has 0 bridgehead atoms. The number of anilines is 1. The van der Waals surface area contributed by atoms with E-state index in [4.69, 9.17) is 4.74 Å². The highest BCUT2D eigenvalue weighted by atomic mass is 19.4. The van der Waals surface area contributed by atoms with Gasteiger partial charge in [0.1, 0.15) is 5.75 Å². The second-order valence-corrected chi connectivity index (χ2v) is 4.18. The molecule has 1 N–H and O–H groups in total.